The predicted molar refractivity (Wildman–Crippen MR) is 87.8 cm³/mol. The van der Waals surface area contributed by atoms with Gasteiger partial charge in [-0.3, -0.25) is 19.9 Å². The van der Waals surface area contributed by atoms with Crippen LogP contribution in [0.4, 0.5) is 11.5 Å². The number of carbonyl (C=O) groups is 1. The zero-order valence-electron chi connectivity index (χ0n) is 13.2. The second kappa shape index (κ2) is 6.61. The number of aromatic nitrogens is 2. The smallest absolute Gasteiger partial charge is 0.314 e. The number of hydrogen-bond acceptors (Lipinski definition) is 6. The SMILES string of the molecule is Cc1ccnc(NC2CCN(C(=O)c3ccccn3)C2)c1[N+](=O)[O-]. The summed E-state index contributed by atoms with van der Waals surface area (Å²) >= 11 is 0. The molecule has 0 aromatic carbocycles. The van der Waals surface area contributed by atoms with Crippen LogP contribution in [0.25, 0.3) is 0 Å². The number of nitrogens with zero attached hydrogens (tertiary/aromatic N) is 4. The molecule has 0 aliphatic carbocycles. The Morgan fingerprint density at radius 2 is 2.17 bits per heavy atom. The number of nitrogens with one attached hydrogen (secondary N) is 1. The molecule has 0 saturated carbocycles. The first-order valence-electron chi connectivity index (χ1n) is 7.63. The van der Waals surface area contributed by atoms with Crippen LogP contribution in [-0.4, -0.2) is 44.8 Å². The number of aryl methyl sites for hydroxylation is 1. The van der Waals surface area contributed by atoms with Gasteiger partial charge in [0, 0.05) is 37.1 Å². The number of likely N-dealkylation sites (tertiary alicyclic amines) is 1. The highest BCUT2D eigenvalue weighted by Gasteiger charge is 2.29. The van der Waals surface area contributed by atoms with Crippen molar-refractivity contribution in [3.63, 3.8) is 0 Å². The number of anilines is 1. The Morgan fingerprint density at radius 3 is 2.88 bits per heavy atom. The monoisotopic (exact) mass is 327 g/mol. The van der Waals surface area contributed by atoms with E-state index in [0.29, 0.717) is 30.8 Å². The Hall–Kier alpha value is -3.03. The van der Waals surface area contributed by atoms with E-state index in [0.717, 1.165) is 0 Å². The summed E-state index contributed by atoms with van der Waals surface area (Å²) in [4.78, 5) is 33.0. The van der Waals surface area contributed by atoms with Gasteiger partial charge in [-0.1, -0.05) is 6.07 Å². The highest BCUT2D eigenvalue weighted by Crippen LogP contribution is 2.27. The third-order valence-electron chi connectivity index (χ3n) is 4.01. The van der Waals surface area contributed by atoms with Gasteiger partial charge in [0.2, 0.25) is 5.82 Å². The molecule has 1 saturated heterocycles. The molecule has 1 atom stereocenters. The highest BCUT2D eigenvalue weighted by atomic mass is 16.6. The van der Waals surface area contributed by atoms with Gasteiger partial charge >= 0.3 is 5.69 Å². The topological polar surface area (TPSA) is 101 Å². The Kier molecular flexibility index (Phi) is 4.37. The Bertz CT molecular complexity index is 766. The zero-order chi connectivity index (χ0) is 17.1. The Labute approximate surface area is 138 Å². The van der Waals surface area contributed by atoms with Crippen molar-refractivity contribution in [3.05, 3.63) is 58.0 Å². The van der Waals surface area contributed by atoms with Gasteiger partial charge in [0.1, 0.15) is 5.69 Å². The fraction of sp³-hybridized carbons (Fsp3) is 0.312. The van der Waals surface area contributed by atoms with Crippen molar-refractivity contribution in [1.82, 2.24) is 14.9 Å². The fourth-order valence-electron chi connectivity index (χ4n) is 2.79. The lowest BCUT2D eigenvalue weighted by atomic mass is 10.2. The molecule has 1 aliphatic heterocycles. The average Bonchev–Trinajstić information content (AvgIpc) is 3.03. The first-order valence-corrected chi connectivity index (χ1v) is 7.63. The molecule has 0 bridgehead atoms. The van der Waals surface area contributed by atoms with Gasteiger partial charge in [-0.25, -0.2) is 4.98 Å². The van der Waals surface area contributed by atoms with Crippen LogP contribution in [0.5, 0.6) is 0 Å². The van der Waals surface area contributed by atoms with Gasteiger partial charge in [-0.05, 0) is 31.5 Å². The van der Waals surface area contributed by atoms with E-state index >= 15 is 0 Å². The molecule has 1 aliphatic rings. The number of pyridine rings is 2. The molecule has 2 aromatic rings. The summed E-state index contributed by atoms with van der Waals surface area (Å²) in [7, 11) is 0. The molecule has 2 aromatic heterocycles. The van der Waals surface area contributed by atoms with Crippen molar-refractivity contribution in [2.75, 3.05) is 18.4 Å². The zero-order valence-corrected chi connectivity index (χ0v) is 13.2. The second-order valence-electron chi connectivity index (χ2n) is 5.68. The van der Waals surface area contributed by atoms with Gasteiger partial charge in [0.05, 0.1) is 4.92 Å². The van der Waals surface area contributed by atoms with Crippen molar-refractivity contribution in [2.24, 2.45) is 0 Å². The summed E-state index contributed by atoms with van der Waals surface area (Å²) < 4.78 is 0. The van der Waals surface area contributed by atoms with E-state index < -0.39 is 4.92 Å². The van der Waals surface area contributed by atoms with E-state index in [4.69, 9.17) is 0 Å². The van der Waals surface area contributed by atoms with E-state index in [1.54, 1.807) is 42.3 Å². The van der Waals surface area contributed by atoms with Gasteiger partial charge in [-0.2, -0.15) is 0 Å². The normalized spacial score (nSPS) is 16.9. The van der Waals surface area contributed by atoms with Crippen LogP contribution in [0.1, 0.15) is 22.5 Å². The van der Waals surface area contributed by atoms with Crippen LogP contribution >= 0.6 is 0 Å². The van der Waals surface area contributed by atoms with Crippen LogP contribution in [0.3, 0.4) is 0 Å². The fourth-order valence-corrected chi connectivity index (χ4v) is 2.79. The first kappa shape index (κ1) is 15.9. The summed E-state index contributed by atoms with van der Waals surface area (Å²) in [6.45, 7) is 2.71. The molecule has 24 heavy (non-hydrogen) atoms. The molecule has 0 radical (unpaired) electrons. The molecular formula is C16H17N5O3. The van der Waals surface area contributed by atoms with Gasteiger partial charge in [0.25, 0.3) is 5.91 Å². The summed E-state index contributed by atoms with van der Waals surface area (Å²) in [5, 5.41) is 14.3. The van der Waals surface area contributed by atoms with Crippen LogP contribution in [0.15, 0.2) is 36.7 Å². The molecule has 3 rings (SSSR count). The summed E-state index contributed by atoms with van der Waals surface area (Å²) in [6.07, 6.45) is 3.82. The number of nitro groups is 1. The summed E-state index contributed by atoms with van der Waals surface area (Å²) in [5.74, 6) is 0.115. The predicted octanol–water partition coefficient (Wildman–Crippen LogP) is 2.02. The van der Waals surface area contributed by atoms with Crippen molar-refractivity contribution in [3.8, 4) is 0 Å². The molecule has 8 heteroatoms. The lowest BCUT2D eigenvalue weighted by Crippen LogP contribution is -2.32. The number of carbonyl (C=O) groups excluding carboxylic acids is 1. The lowest BCUT2D eigenvalue weighted by molar-refractivity contribution is -0.384. The number of rotatable bonds is 4. The Morgan fingerprint density at radius 1 is 1.33 bits per heavy atom. The number of hydrogen-bond donors (Lipinski definition) is 1. The maximum Gasteiger partial charge on any atom is 0.314 e. The van der Waals surface area contributed by atoms with E-state index in [2.05, 4.69) is 15.3 Å². The largest absolute Gasteiger partial charge is 0.360 e. The molecule has 1 N–H and O–H groups in total. The van der Waals surface area contributed by atoms with Crippen molar-refractivity contribution < 1.29 is 9.72 Å². The first-order chi connectivity index (χ1) is 11.6. The summed E-state index contributed by atoms with van der Waals surface area (Å²) in [6, 6.07) is 6.73. The van der Waals surface area contributed by atoms with E-state index in [1.807, 2.05) is 0 Å². The minimum Gasteiger partial charge on any atom is -0.360 e. The highest BCUT2D eigenvalue weighted by molar-refractivity contribution is 5.92. The standard InChI is InChI=1S/C16H17N5O3/c1-11-5-8-18-15(14(11)21(23)24)19-12-6-9-20(10-12)16(22)13-4-2-3-7-17-13/h2-5,7-8,12H,6,9-10H2,1H3,(H,18,19). The molecule has 124 valence electrons. The lowest BCUT2D eigenvalue weighted by Gasteiger charge is -2.17. The van der Waals surface area contributed by atoms with Gasteiger partial charge in [0.15, 0.2) is 0 Å². The van der Waals surface area contributed by atoms with Crippen LogP contribution in [0.2, 0.25) is 0 Å². The molecule has 8 nitrogen and oxygen atoms in total. The van der Waals surface area contributed by atoms with Crippen molar-refractivity contribution >= 4 is 17.4 Å². The van der Waals surface area contributed by atoms with Crippen LogP contribution < -0.4 is 5.32 Å². The number of amides is 1. The summed E-state index contributed by atoms with van der Waals surface area (Å²) in [5.41, 5.74) is 0.932. The van der Waals surface area contributed by atoms with Crippen LogP contribution in [0, 0.1) is 17.0 Å². The minimum atomic E-state index is -0.434. The average molecular weight is 327 g/mol. The molecule has 1 fully saturated rings. The van der Waals surface area contributed by atoms with Gasteiger partial charge in [-0.15, -0.1) is 0 Å². The Balaban J connectivity index is 1.70. The second-order valence-corrected chi connectivity index (χ2v) is 5.68. The molecular weight excluding hydrogens is 310 g/mol. The third-order valence-corrected chi connectivity index (χ3v) is 4.01. The molecule has 1 amide bonds. The maximum atomic E-state index is 12.4. The maximum absolute atomic E-state index is 12.4. The van der Waals surface area contributed by atoms with E-state index in [-0.39, 0.29) is 23.5 Å². The van der Waals surface area contributed by atoms with E-state index in [1.165, 1.54) is 6.20 Å². The molecule has 3 heterocycles. The minimum absolute atomic E-state index is 0.0213. The van der Waals surface area contributed by atoms with Crippen molar-refractivity contribution in [2.45, 2.75) is 19.4 Å². The van der Waals surface area contributed by atoms with Crippen molar-refractivity contribution in [1.29, 1.82) is 0 Å². The molecule has 0 spiro atoms. The van der Waals surface area contributed by atoms with Gasteiger partial charge < -0.3 is 10.2 Å². The third kappa shape index (κ3) is 3.17. The van der Waals surface area contributed by atoms with E-state index in [9.17, 15) is 14.9 Å². The molecule has 1 unspecified atom stereocenters. The quantitative estimate of drug-likeness (QED) is 0.681. The van der Waals surface area contributed by atoms with Crippen LogP contribution in [-0.2, 0) is 0 Å².